The quantitative estimate of drug-likeness (QED) is 0.337. The van der Waals surface area contributed by atoms with Gasteiger partial charge in [-0.3, -0.25) is 4.90 Å². The van der Waals surface area contributed by atoms with E-state index in [0.717, 1.165) is 45.9 Å². The molecule has 148 valence electrons. The van der Waals surface area contributed by atoms with Gasteiger partial charge in [0.1, 0.15) is 5.75 Å². The van der Waals surface area contributed by atoms with Gasteiger partial charge >= 0.3 is 6.61 Å². The van der Waals surface area contributed by atoms with E-state index in [1.807, 2.05) is 6.92 Å². The number of guanidine groups is 1. The number of alkyl halides is 2. The molecule has 0 aliphatic carbocycles. The summed E-state index contributed by atoms with van der Waals surface area (Å²) in [7, 11) is 0. The van der Waals surface area contributed by atoms with Crippen molar-refractivity contribution in [3.8, 4) is 5.75 Å². The fourth-order valence-electron chi connectivity index (χ4n) is 2.51. The summed E-state index contributed by atoms with van der Waals surface area (Å²) < 4.78 is 34.8. The Morgan fingerprint density at radius 2 is 2.00 bits per heavy atom. The minimum Gasteiger partial charge on any atom is -0.434 e. The third-order valence-electron chi connectivity index (χ3n) is 3.76. The van der Waals surface area contributed by atoms with Gasteiger partial charge in [0, 0.05) is 38.3 Å². The lowest BCUT2D eigenvalue weighted by molar-refractivity contribution is -0.0504. The number of ether oxygens (including phenoxy) is 2. The Labute approximate surface area is 170 Å². The van der Waals surface area contributed by atoms with E-state index in [-0.39, 0.29) is 36.3 Å². The average molecular weight is 484 g/mol. The molecule has 1 aromatic carbocycles. The summed E-state index contributed by atoms with van der Waals surface area (Å²) in [6.07, 6.45) is 0. The van der Waals surface area contributed by atoms with E-state index in [1.54, 1.807) is 18.2 Å². The lowest BCUT2D eigenvalue weighted by Crippen LogP contribution is -2.44. The lowest BCUT2D eigenvalue weighted by Gasteiger charge is -2.26. The van der Waals surface area contributed by atoms with Crippen molar-refractivity contribution in [2.45, 2.75) is 20.1 Å². The highest BCUT2D eigenvalue weighted by molar-refractivity contribution is 14.0. The molecule has 0 atom stereocenters. The topological polar surface area (TPSA) is 58.1 Å². The van der Waals surface area contributed by atoms with Crippen LogP contribution in [0.25, 0.3) is 0 Å². The smallest absolute Gasteiger partial charge is 0.387 e. The second kappa shape index (κ2) is 13.0. The molecule has 1 aromatic rings. The first kappa shape index (κ1) is 22.8. The monoisotopic (exact) mass is 484 g/mol. The molecule has 2 rings (SSSR count). The molecule has 0 spiro atoms. The van der Waals surface area contributed by atoms with E-state index in [0.29, 0.717) is 11.5 Å². The molecule has 9 heteroatoms. The van der Waals surface area contributed by atoms with Crippen LogP contribution >= 0.6 is 24.0 Å². The van der Waals surface area contributed by atoms with Crippen LogP contribution in [0.3, 0.4) is 0 Å². The molecule has 26 heavy (non-hydrogen) atoms. The van der Waals surface area contributed by atoms with Gasteiger partial charge < -0.3 is 20.1 Å². The SMILES string of the molecule is CCNC(=NCc1ccccc1OC(F)F)NCCN1CCOCC1.I. The number of benzene rings is 1. The fourth-order valence-corrected chi connectivity index (χ4v) is 2.51. The zero-order valence-corrected chi connectivity index (χ0v) is 17.2. The van der Waals surface area contributed by atoms with Crippen molar-refractivity contribution in [3.05, 3.63) is 29.8 Å². The third-order valence-corrected chi connectivity index (χ3v) is 3.76. The number of para-hydroxylation sites is 1. The highest BCUT2D eigenvalue weighted by atomic mass is 127. The summed E-state index contributed by atoms with van der Waals surface area (Å²) in [6, 6.07) is 6.70. The summed E-state index contributed by atoms with van der Waals surface area (Å²) in [5.41, 5.74) is 0.619. The summed E-state index contributed by atoms with van der Waals surface area (Å²) in [4.78, 5) is 6.79. The van der Waals surface area contributed by atoms with Gasteiger partial charge in [-0.15, -0.1) is 24.0 Å². The predicted octanol–water partition coefficient (Wildman–Crippen LogP) is 2.29. The van der Waals surface area contributed by atoms with Gasteiger partial charge in [-0.1, -0.05) is 18.2 Å². The Hall–Kier alpha value is -1.20. The van der Waals surface area contributed by atoms with Crippen LogP contribution in [0.5, 0.6) is 5.75 Å². The normalized spacial score (nSPS) is 15.5. The molecule has 2 N–H and O–H groups in total. The van der Waals surface area contributed by atoms with E-state index >= 15 is 0 Å². The minimum absolute atomic E-state index is 0. The number of hydrogen-bond acceptors (Lipinski definition) is 4. The van der Waals surface area contributed by atoms with Crippen molar-refractivity contribution in [3.63, 3.8) is 0 Å². The Bertz CT molecular complexity index is 543. The minimum atomic E-state index is -2.84. The average Bonchev–Trinajstić information content (AvgIpc) is 2.61. The van der Waals surface area contributed by atoms with Crippen molar-refractivity contribution in [2.75, 3.05) is 45.9 Å². The van der Waals surface area contributed by atoms with Gasteiger partial charge in [0.15, 0.2) is 5.96 Å². The Morgan fingerprint density at radius 3 is 2.69 bits per heavy atom. The van der Waals surface area contributed by atoms with E-state index in [4.69, 9.17) is 4.74 Å². The predicted molar refractivity (Wildman–Crippen MR) is 109 cm³/mol. The number of halogens is 3. The van der Waals surface area contributed by atoms with Gasteiger partial charge in [-0.05, 0) is 13.0 Å². The molecule has 0 bridgehead atoms. The highest BCUT2D eigenvalue weighted by Gasteiger charge is 2.11. The first-order chi connectivity index (χ1) is 12.2. The Kier molecular flexibility index (Phi) is 11.5. The standard InChI is InChI=1S/C17H26F2N4O2.HI/c1-2-20-17(21-7-8-23-9-11-24-12-10-23)22-13-14-5-3-4-6-15(14)25-16(18)19;/h3-6,16H,2,7-13H2,1H3,(H2,20,21,22);1H. The molecule has 0 radical (unpaired) electrons. The first-order valence-corrected chi connectivity index (χ1v) is 8.54. The molecule has 1 heterocycles. The zero-order chi connectivity index (χ0) is 17.9. The second-order valence-corrected chi connectivity index (χ2v) is 5.56. The Balaban J connectivity index is 0.00000338. The third kappa shape index (κ3) is 8.45. The van der Waals surface area contributed by atoms with Crippen LogP contribution in [0.1, 0.15) is 12.5 Å². The van der Waals surface area contributed by atoms with E-state index < -0.39 is 6.61 Å². The molecule has 0 saturated carbocycles. The maximum absolute atomic E-state index is 12.5. The van der Waals surface area contributed by atoms with Gasteiger partial charge in [0.2, 0.25) is 0 Å². The van der Waals surface area contributed by atoms with Gasteiger partial charge in [0.05, 0.1) is 19.8 Å². The molecule has 1 aliphatic rings. The van der Waals surface area contributed by atoms with Gasteiger partial charge in [-0.2, -0.15) is 8.78 Å². The van der Waals surface area contributed by atoms with Crippen LogP contribution < -0.4 is 15.4 Å². The van der Waals surface area contributed by atoms with Crippen LogP contribution in [0.4, 0.5) is 8.78 Å². The van der Waals surface area contributed by atoms with Gasteiger partial charge in [-0.25, -0.2) is 4.99 Å². The van der Waals surface area contributed by atoms with Crippen molar-refractivity contribution in [1.82, 2.24) is 15.5 Å². The number of hydrogen-bond donors (Lipinski definition) is 2. The molecular formula is C17H27F2IN4O2. The summed E-state index contributed by atoms with van der Waals surface area (Å²) >= 11 is 0. The molecule has 0 aromatic heterocycles. The molecule has 6 nitrogen and oxygen atoms in total. The van der Waals surface area contributed by atoms with E-state index in [9.17, 15) is 8.78 Å². The van der Waals surface area contributed by atoms with Crippen LogP contribution in [-0.2, 0) is 11.3 Å². The summed E-state index contributed by atoms with van der Waals surface area (Å²) in [5, 5.41) is 6.42. The summed E-state index contributed by atoms with van der Waals surface area (Å²) in [5.74, 6) is 0.813. The maximum Gasteiger partial charge on any atom is 0.387 e. The zero-order valence-electron chi connectivity index (χ0n) is 14.9. The Morgan fingerprint density at radius 1 is 1.27 bits per heavy atom. The molecular weight excluding hydrogens is 457 g/mol. The fraction of sp³-hybridized carbons (Fsp3) is 0.588. The number of morpholine rings is 1. The van der Waals surface area contributed by atoms with Crippen molar-refractivity contribution in [2.24, 2.45) is 4.99 Å². The second-order valence-electron chi connectivity index (χ2n) is 5.56. The van der Waals surface area contributed by atoms with E-state index in [2.05, 4.69) is 25.3 Å². The van der Waals surface area contributed by atoms with Crippen molar-refractivity contribution >= 4 is 29.9 Å². The van der Waals surface area contributed by atoms with Crippen LogP contribution in [0.2, 0.25) is 0 Å². The van der Waals surface area contributed by atoms with Crippen molar-refractivity contribution in [1.29, 1.82) is 0 Å². The first-order valence-electron chi connectivity index (χ1n) is 8.54. The lowest BCUT2D eigenvalue weighted by atomic mass is 10.2. The number of rotatable bonds is 8. The van der Waals surface area contributed by atoms with Gasteiger partial charge in [0.25, 0.3) is 0 Å². The summed E-state index contributed by atoms with van der Waals surface area (Å²) in [6.45, 7) is 5.19. The molecule has 1 saturated heterocycles. The molecule has 1 fully saturated rings. The maximum atomic E-state index is 12.5. The largest absolute Gasteiger partial charge is 0.434 e. The van der Waals surface area contributed by atoms with E-state index in [1.165, 1.54) is 6.07 Å². The van der Waals surface area contributed by atoms with Crippen LogP contribution in [0.15, 0.2) is 29.3 Å². The number of aliphatic imine (C=N–C) groups is 1. The highest BCUT2D eigenvalue weighted by Crippen LogP contribution is 2.20. The van der Waals surface area contributed by atoms with Crippen molar-refractivity contribution < 1.29 is 18.3 Å². The molecule has 0 amide bonds. The number of nitrogens with one attached hydrogen (secondary N) is 2. The van der Waals surface area contributed by atoms with Crippen LogP contribution in [-0.4, -0.2) is 63.4 Å². The van der Waals surface area contributed by atoms with Crippen LogP contribution in [0, 0.1) is 0 Å². The number of nitrogens with zero attached hydrogens (tertiary/aromatic N) is 2. The molecule has 0 unspecified atom stereocenters. The molecule has 1 aliphatic heterocycles.